The van der Waals surface area contributed by atoms with E-state index in [4.69, 9.17) is 37.9 Å². The minimum Gasteiger partial charge on any atom is -0.438 e. The van der Waals surface area contributed by atoms with Gasteiger partial charge < -0.3 is 37.9 Å². The van der Waals surface area contributed by atoms with E-state index >= 15 is 0 Å². The number of ether oxygens (including phenoxy) is 8. The Labute approximate surface area is 498 Å². The smallest absolute Gasteiger partial charge is 0.313 e. The average Bonchev–Trinajstić information content (AvgIpc) is 4.29. The number of hydrogen-bond acceptors (Lipinski definition) is 12. The summed E-state index contributed by atoms with van der Waals surface area (Å²) in [6, 6.07) is 0. The van der Waals surface area contributed by atoms with Gasteiger partial charge in [-0.25, -0.2) is 0 Å². The minimum absolute atomic E-state index is 0.0959. The van der Waals surface area contributed by atoms with E-state index in [1.54, 1.807) is 0 Å². The standard InChI is InChI=1S/C19H32O3.C18H30O3.C17H30O3.C16H28O3/c1-5-18(2,3)17(20)22-12-21-11-19(4)15-7-13-6-14(9-15)10-16(19)8-13;1-4-17(2,3)16(19)21-12-20-11-18-8-13-5-14(9-18)7-15(6-13)10-18;1-7-15(2,3)14(18)20-11-19-13-16(4,5)12-8-9-17(13,6)10-12;1-5-15(2,3)14(17)19-11-18-10-16(4)9-12-6-7-13(16)8-12/h13-16H,5-12H2,1-4H3;13-15H,4-12H2,1-3H3;12-13H,7-11H2,1-6H3;12-13H,5-11H2,1-4H3. The molecule has 12 nitrogen and oxygen atoms in total. The number of rotatable bonds is 23. The zero-order chi connectivity index (χ0) is 60.3. The second kappa shape index (κ2) is 26.6. The van der Waals surface area contributed by atoms with Crippen LogP contribution in [0.15, 0.2) is 0 Å². The van der Waals surface area contributed by atoms with Crippen LogP contribution in [0.3, 0.4) is 0 Å². The molecule has 0 aromatic carbocycles. The first-order valence-electron chi connectivity index (χ1n) is 33.3. The third-order valence-electron chi connectivity index (χ3n) is 24.8. The molecule has 0 aliphatic heterocycles. The fourth-order valence-electron chi connectivity index (χ4n) is 18.1. The zero-order valence-electron chi connectivity index (χ0n) is 55.3. The summed E-state index contributed by atoms with van der Waals surface area (Å²) in [5.41, 5.74) is -0.144. The van der Waals surface area contributed by atoms with Crippen molar-refractivity contribution in [2.75, 3.05) is 47.0 Å². The molecule has 0 saturated heterocycles. The quantitative estimate of drug-likeness (QED) is 0.0416. The zero-order valence-corrected chi connectivity index (χ0v) is 55.3. The van der Waals surface area contributed by atoms with Gasteiger partial charge in [0.05, 0.1) is 47.6 Å². The Morgan fingerprint density at radius 3 is 1.17 bits per heavy atom. The predicted molar refractivity (Wildman–Crippen MR) is 321 cm³/mol. The van der Waals surface area contributed by atoms with Crippen LogP contribution in [0, 0.1) is 108 Å². The molecule has 0 spiro atoms. The van der Waals surface area contributed by atoms with E-state index in [0.717, 1.165) is 105 Å². The highest BCUT2D eigenvalue weighted by Gasteiger charge is 2.60. The highest BCUT2D eigenvalue weighted by atomic mass is 16.7. The molecular formula is C70H120O12. The summed E-state index contributed by atoms with van der Waals surface area (Å²) in [5.74, 6) is 8.33. The van der Waals surface area contributed by atoms with E-state index in [2.05, 4.69) is 34.6 Å². The van der Waals surface area contributed by atoms with Gasteiger partial charge in [-0.3, -0.25) is 19.2 Å². The second-order valence-corrected chi connectivity index (χ2v) is 33.1. The van der Waals surface area contributed by atoms with Crippen molar-refractivity contribution in [1.29, 1.82) is 0 Å². The van der Waals surface area contributed by atoms with Gasteiger partial charge in [0, 0.05) is 0 Å². The van der Waals surface area contributed by atoms with Gasteiger partial charge in [0.1, 0.15) is 0 Å². The molecule has 0 radical (unpaired) electrons. The molecule has 0 N–H and O–H groups in total. The third-order valence-corrected chi connectivity index (χ3v) is 24.8. The normalized spacial score (nSPS) is 36.8. The van der Waals surface area contributed by atoms with Crippen LogP contribution in [0.1, 0.15) is 259 Å². The number of carbonyl (C=O) groups is 4. The van der Waals surface area contributed by atoms with Crippen molar-refractivity contribution < 1.29 is 57.1 Å². The molecule has 12 aliphatic rings. The summed E-state index contributed by atoms with van der Waals surface area (Å²) >= 11 is 0. The van der Waals surface area contributed by atoms with E-state index in [-0.39, 0.29) is 68.0 Å². The van der Waals surface area contributed by atoms with Crippen molar-refractivity contribution in [1.82, 2.24) is 0 Å². The van der Waals surface area contributed by atoms with Crippen LogP contribution >= 0.6 is 0 Å². The van der Waals surface area contributed by atoms with Crippen molar-refractivity contribution in [2.24, 2.45) is 108 Å². The molecule has 12 rings (SSSR count). The lowest BCUT2D eigenvalue weighted by atomic mass is 9.46. The molecule has 0 aromatic rings. The van der Waals surface area contributed by atoms with Gasteiger partial charge in [-0.15, -0.1) is 0 Å². The van der Waals surface area contributed by atoms with E-state index in [1.165, 1.54) is 116 Å². The molecule has 12 heteroatoms. The minimum atomic E-state index is -0.419. The monoisotopic (exact) mass is 1150 g/mol. The first-order chi connectivity index (χ1) is 38.3. The second-order valence-electron chi connectivity index (χ2n) is 33.1. The van der Waals surface area contributed by atoms with Crippen LogP contribution in [0.2, 0.25) is 0 Å². The summed E-state index contributed by atoms with van der Waals surface area (Å²) in [6.07, 6.45) is 28.0. The Balaban J connectivity index is 0.000000158. The topological polar surface area (TPSA) is 142 Å². The molecule has 0 amide bonds. The third kappa shape index (κ3) is 15.5. The van der Waals surface area contributed by atoms with Crippen molar-refractivity contribution in [3.05, 3.63) is 0 Å². The summed E-state index contributed by atoms with van der Waals surface area (Å²) in [5, 5.41) is 0. The Hall–Kier alpha value is -2.28. The lowest BCUT2D eigenvalue weighted by molar-refractivity contribution is -0.187. The SMILES string of the molecule is CCC(C)(C)C(=O)OCOC1C2(C)CCC(C2)C1(C)C.CCC(C)(C)C(=O)OCOCC1(C)C2CC3CC(C2)CC1C3.CCC(C)(C)C(=O)OCOCC1(C)CC2CCC1C2.CCC(C)(C)C(=O)OCOCC12CC3CC(CC(C3)C1)C2. The van der Waals surface area contributed by atoms with Crippen molar-refractivity contribution in [3.63, 3.8) is 0 Å². The maximum Gasteiger partial charge on any atom is 0.313 e. The molecule has 6 unspecified atom stereocenters. The molecule has 472 valence electrons. The van der Waals surface area contributed by atoms with Gasteiger partial charge in [0.2, 0.25) is 0 Å². The van der Waals surface area contributed by atoms with Crippen molar-refractivity contribution in [3.8, 4) is 0 Å². The summed E-state index contributed by atoms with van der Waals surface area (Å²) in [6.45, 7) is 37.7. The van der Waals surface area contributed by atoms with Crippen LogP contribution in [0.25, 0.3) is 0 Å². The maximum absolute atomic E-state index is 12.0. The number of hydrogen-bond donors (Lipinski definition) is 0. The summed E-state index contributed by atoms with van der Waals surface area (Å²) in [7, 11) is 0. The Morgan fingerprint density at radius 2 is 0.793 bits per heavy atom. The first-order valence-corrected chi connectivity index (χ1v) is 33.3. The van der Waals surface area contributed by atoms with E-state index in [0.29, 0.717) is 16.2 Å². The first kappa shape index (κ1) is 67.2. The van der Waals surface area contributed by atoms with Gasteiger partial charge in [0.15, 0.2) is 27.2 Å². The molecule has 12 saturated carbocycles. The largest absolute Gasteiger partial charge is 0.438 e. The molecule has 12 bridgehead atoms. The van der Waals surface area contributed by atoms with Crippen LogP contribution in [0.4, 0.5) is 0 Å². The Kier molecular flexibility index (Phi) is 21.8. The average molecular weight is 1150 g/mol. The molecule has 6 atom stereocenters. The highest BCUT2D eigenvalue weighted by molar-refractivity contribution is 5.77. The van der Waals surface area contributed by atoms with E-state index in [9.17, 15) is 19.2 Å². The number of fused-ring (bicyclic) bond motifs is 4. The van der Waals surface area contributed by atoms with E-state index in [1.807, 2.05) is 83.1 Å². The summed E-state index contributed by atoms with van der Waals surface area (Å²) < 4.78 is 44.5. The van der Waals surface area contributed by atoms with Crippen LogP contribution in [-0.2, 0) is 57.1 Å². The highest BCUT2D eigenvalue weighted by Crippen LogP contribution is 2.65. The van der Waals surface area contributed by atoms with Gasteiger partial charge >= 0.3 is 23.9 Å². The molecule has 12 aliphatic carbocycles. The van der Waals surface area contributed by atoms with Gasteiger partial charge in [0.25, 0.3) is 0 Å². The fourth-order valence-corrected chi connectivity index (χ4v) is 18.1. The lowest BCUT2D eigenvalue weighted by Gasteiger charge is -2.60. The molecule has 0 heterocycles. The molecule has 0 aromatic heterocycles. The molecule has 82 heavy (non-hydrogen) atoms. The van der Waals surface area contributed by atoms with Gasteiger partial charge in [-0.2, -0.15) is 0 Å². The number of esters is 4. The predicted octanol–water partition coefficient (Wildman–Crippen LogP) is 16.5. The van der Waals surface area contributed by atoms with Gasteiger partial charge in [-0.1, -0.05) is 68.7 Å². The van der Waals surface area contributed by atoms with Crippen LogP contribution in [-0.4, -0.2) is 77.0 Å². The van der Waals surface area contributed by atoms with Crippen molar-refractivity contribution >= 4 is 23.9 Å². The number of carbonyl (C=O) groups excluding carboxylic acids is 4. The van der Waals surface area contributed by atoms with Crippen LogP contribution in [0.5, 0.6) is 0 Å². The molecular weight excluding hydrogens is 1030 g/mol. The van der Waals surface area contributed by atoms with Crippen LogP contribution < -0.4 is 0 Å². The Morgan fingerprint density at radius 1 is 0.402 bits per heavy atom. The van der Waals surface area contributed by atoms with Crippen molar-refractivity contribution in [2.45, 2.75) is 265 Å². The maximum atomic E-state index is 12.0. The van der Waals surface area contributed by atoms with E-state index < -0.39 is 21.7 Å². The van der Waals surface area contributed by atoms with Gasteiger partial charge in [-0.05, 0) is 276 Å². The lowest BCUT2D eigenvalue weighted by Crippen LogP contribution is -2.53. The molecule has 12 fully saturated rings. The summed E-state index contributed by atoms with van der Waals surface area (Å²) in [4.78, 5) is 47.7. The Bertz CT molecular complexity index is 2070. The fraction of sp³-hybridized carbons (Fsp3) is 0.943.